The van der Waals surface area contributed by atoms with Crippen molar-refractivity contribution < 1.29 is 33.6 Å². The van der Waals surface area contributed by atoms with Crippen LogP contribution in [0.5, 0.6) is 0 Å². The van der Waals surface area contributed by atoms with Crippen molar-refractivity contribution in [2.75, 3.05) is 19.4 Å². The number of aliphatic hydroxyl groups is 2. The van der Waals surface area contributed by atoms with Crippen LogP contribution in [0.15, 0.2) is 41.3 Å². The van der Waals surface area contributed by atoms with Crippen molar-refractivity contribution in [3.63, 3.8) is 0 Å². The van der Waals surface area contributed by atoms with Gasteiger partial charge < -0.3 is 34.6 Å². The molecular formula is C25H33FN4O7. The van der Waals surface area contributed by atoms with E-state index in [-0.39, 0.29) is 23.5 Å². The summed E-state index contributed by atoms with van der Waals surface area (Å²) in [6, 6.07) is 6.12. The molecular weight excluding hydrogens is 487 g/mol. The Kier molecular flexibility index (Phi) is 8.36. The number of amides is 1. The molecule has 4 rings (SSSR count). The average molecular weight is 521 g/mol. The summed E-state index contributed by atoms with van der Waals surface area (Å²) in [5.41, 5.74) is -0.375. The number of anilines is 1. The minimum atomic E-state index is -1.22. The van der Waals surface area contributed by atoms with Crippen molar-refractivity contribution in [2.24, 2.45) is 0 Å². The Morgan fingerprint density at radius 3 is 2.43 bits per heavy atom. The van der Waals surface area contributed by atoms with E-state index in [9.17, 15) is 24.2 Å². The standard InChI is InChI=1S/C25H33FN4O7/c1-13-17(37-24-22(32)21(31)20(29(3)4)14(2)36-24)9-10-19(35-13)30-12-11-18(28-25(30)34)27-23(33)15-5-7-16(26)8-6-15/h5-8,11-14,17,19-22,24,31-32H,9-10H2,1-4H3,(H,27,28,33,34)/t13-,14-,17+,19-,20-,21+,22-,24-/m1/s1. The van der Waals surface area contributed by atoms with Gasteiger partial charge in [0.25, 0.3) is 5.91 Å². The van der Waals surface area contributed by atoms with Crippen LogP contribution in [0.25, 0.3) is 0 Å². The molecule has 202 valence electrons. The first-order chi connectivity index (χ1) is 17.5. The van der Waals surface area contributed by atoms with Gasteiger partial charge in [-0.05, 0) is 71.1 Å². The third-order valence-corrected chi connectivity index (χ3v) is 6.80. The fraction of sp³-hybridized carbons (Fsp3) is 0.560. The quantitative estimate of drug-likeness (QED) is 0.512. The van der Waals surface area contributed by atoms with Crippen molar-refractivity contribution >= 4 is 11.7 Å². The molecule has 8 atom stereocenters. The van der Waals surface area contributed by atoms with E-state index in [2.05, 4.69) is 10.3 Å². The molecule has 0 saturated carbocycles. The van der Waals surface area contributed by atoms with E-state index in [0.29, 0.717) is 12.8 Å². The van der Waals surface area contributed by atoms with Crippen LogP contribution in [-0.4, -0.2) is 87.5 Å². The van der Waals surface area contributed by atoms with E-state index in [4.69, 9.17) is 14.2 Å². The van der Waals surface area contributed by atoms with Crippen LogP contribution in [-0.2, 0) is 14.2 Å². The normalized spacial score (nSPS) is 32.3. The summed E-state index contributed by atoms with van der Waals surface area (Å²) in [6.07, 6.45) is -2.68. The van der Waals surface area contributed by atoms with E-state index in [1.165, 1.54) is 41.1 Å². The van der Waals surface area contributed by atoms with Gasteiger partial charge in [0, 0.05) is 11.8 Å². The van der Waals surface area contributed by atoms with Crippen molar-refractivity contribution in [2.45, 2.75) is 75.8 Å². The lowest BCUT2D eigenvalue weighted by Gasteiger charge is -2.46. The predicted octanol–water partition coefficient (Wildman–Crippen LogP) is 1.11. The summed E-state index contributed by atoms with van der Waals surface area (Å²) in [4.78, 5) is 30.7. The first-order valence-corrected chi connectivity index (χ1v) is 12.2. The van der Waals surface area contributed by atoms with Gasteiger partial charge >= 0.3 is 5.69 Å². The van der Waals surface area contributed by atoms with Gasteiger partial charge in [-0.2, -0.15) is 4.98 Å². The Hall–Kier alpha value is -2.74. The van der Waals surface area contributed by atoms with Crippen LogP contribution in [0, 0.1) is 5.82 Å². The molecule has 2 fully saturated rings. The monoisotopic (exact) mass is 520 g/mol. The highest BCUT2D eigenvalue weighted by atomic mass is 19.1. The number of aliphatic hydroxyl groups excluding tert-OH is 2. The molecule has 2 aromatic rings. The maximum atomic E-state index is 13.1. The van der Waals surface area contributed by atoms with Gasteiger partial charge in [0.05, 0.1) is 24.4 Å². The Morgan fingerprint density at radius 2 is 1.81 bits per heavy atom. The number of rotatable bonds is 6. The lowest BCUT2D eigenvalue weighted by Crippen LogP contribution is -2.62. The molecule has 2 aliphatic heterocycles. The Morgan fingerprint density at radius 1 is 1.11 bits per heavy atom. The number of aromatic nitrogens is 2. The van der Waals surface area contributed by atoms with Crippen molar-refractivity contribution in [3.05, 3.63) is 58.4 Å². The number of carbonyl (C=O) groups excluding carboxylic acids is 1. The van der Waals surface area contributed by atoms with Gasteiger partial charge in [0.1, 0.15) is 30.1 Å². The third-order valence-electron chi connectivity index (χ3n) is 6.80. The van der Waals surface area contributed by atoms with Gasteiger partial charge in [-0.1, -0.05) is 0 Å². The van der Waals surface area contributed by atoms with E-state index < -0.39 is 54.3 Å². The van der Waals surface area contributed by atoms with Crippen molar-refractivity contribution in [1.82, 2.24) is 14.5 Å². The summed E-state index contributed by atoms with van der Waals surface area (Å²) in [5.74, 6) is -0.914. The second kappa shape index (κ2) is 11.3. The highest BCUT2D eigenvalue weighted by molar-refractivity contribution is 6.03. The molecule has 3 N–H and O–H groups in total. The molecule has 0 radical (unpaired) electrons. The minimum absolute atomic E-state index is 0.0628. The number of carbonyl (C=O) groups is 1. The zero-order valence-electron chi connectivity index (χ0n) is 21.2. The van der Waals surface area contributed by atoms with Gasteiger partial charge in [-0.3, -0.25) is 9.36 Å². The highest BCUT2D eigenvalue weighted by Gasteiger charge is 2.46. The van der Waals surface area contributed by atoms with Gasteiger partial charge in [-0.25, -0.2) is 9.18 Å². The molecule has 1 amide bonds. The van der Waals surface area contributed by atoms with Crippen LogP contribution in [0.1, 0.15) is 43.3 Å². The zero-order chi connectivity index (χ0) is 26.9. The smallest absolute Gasteiger partial charge is 0.351 e. The molecule has 0 spiro atoms. The summed E-state index contributed by atoms with van der Waals surface area (Å²) in [5, 5.41) is 23.6. The zero-order valence-corrected chi connectivity index (χ0v) is 21.2. The van der Waals surface area contributed by atoms with Crippen LogP contribution in [0.3, 0.4) is 0 Å². The summed E-state index contributed by atoms with van der Waals surface area (Å²) in [6.45, 7) is 3.61. The summed E-state index contributed by atoms with van der Waals surface area (Å²) >= 11 is 0. The summed E-state index contributed by atoms with van der Waals surface area (Å²) in [7, 11) is 3.61. The molecule has 0 bridgehead atoms. The molecule has 11 nitrogen and oxygen atoms in total. The first kappa shape index (κ1) is 27.3. The fourth-order valence-electron chi connectivity index (χ4n) is 4.84. The molecule has 0 unspecified atom stereocenters. The maximum Gasteiger partial charge on any atom is 0.351 e. The maximum absolute atomic E-state index is 13.1. The third kappa shape index (κ3) is 6.06. The number of nitrogens with one attached hydrogen (secondary N) is 1. The molecule has 1 aromatic carbocycles. The van der Waals surface area contributed by atoms with Gasteiger partial charge in [0.2, 0.25) is 0 Å². The lowest BCUT2D eigenvalue weighted by molar-refractivity contribution is -0.310. The molecule has 0 aliphatic carbocycles. The number of hydrogen-bond donors (Lipinski definition) is 3. The Labute approximate surface area is 213 Å². The summed E-state index contributed by atoms with van der Waals surface area (Å²) < 4.78 is 32.3. The fourth-order valence-corrected chi connectivity index (χ4v) is 4.84. The molecule has 12 heteroatoms. The van der Waals surface area contributed by atoms with E-state index in [1.807, 2.05) is 21.0 Å². The van der Waals surface area contributed by atoms with Crippen LogP contribution in [0.4, 0.5) is 10.2 Å². The molecule has 2 aliphatic rings. The van der Waals surface area contributed by atoms with Crippen molar-refractivity contribution in [1.29, 1.82) is 0 Å². The minimum Gasteiger partial charge on any atom is -0.388 e. The number of benzene rings is 1. The molecule has 2 saturated heterocycles. The highest BCUT2D eigenvalue weighted by Crippen LogP contribution is 2.32. The van der Waals surface area contributed by atoms with Crippen LogP contribution in [0.2, 0.25) is 0 Å². The number of hydrogen-bond acceptors (Lipinski definition) is 9. The number of halogens is 1. The van der Waals surface area contributed by atoms with E-state index in [1.54, 1.807) is 11.8 Å². The number of ether oxygens (including phenoxy) is 3. The first-order valence-electron chi connectivity index (χ1n) is 12.2. The SMILES string of the molecule is C[C@H]1O[C@H](O[C@H]2CC[C@H](n3ccc(NC(=O)c4ccc(F)cc4)nc3=O)O[C@@H]2C)[C@H](O)[C@@H](O)[C@@H]1N(C)C. The van der Waals surface area contributed by atoms with Crippen LogP contribution < -0.4 is 11.0 Å². The average Bonchev–Trinajstić information content (AvgIpc) is 2.84. The second-order valence-electron chi connectivity index (χ2n) is 9.66. The topological polar surface area (TPSA) is 135 Å². The largest absolute Gasteiger partial charge is 0.388 e. The van der Waals surface area contributed by atoms with Gasteiger partial charge in [-0.15, -0.1) is 0 Å². The van der Waals surface area contributed by atoms with E-state index >= 15 is 0 Å². The van der Waals surface area contributed by atoms with Gasteiger partial charge in [0.15, 0.2) is 6.29 Å². The molecule has 1 aromatic heterocycles. The Balaban J connectivity index is 1.36. The molecule has 37 heavy (non-hydrogen) atoms. The predicted molar refractivity (Wildman–Crippen MR) is 130 cm³/mol. The lowest BCUT2D eigenvalue weighted by atomic mass is 9.96. The second-order valence-corrected chi connectivity index (χ2v) is 9.66. The Bertz CT molecular complexity index is 1140. The number of likely N-dealkylation sites (N-methyl/N-ethyl adjacent to an activating group) is 1. The van der Waals surface area contributed by atoms with Crippen LogP contribution >= 0.6 is 0 Å². The van der Waals surface area contributed by atoms with E-state index in [0.717, 1.165) is 0 Å². The van der Waals surface area contributed by atoms with Crippen molar-refractivity contribution in [3.8, 4) is 0 Å². The number of nitrogens with zero attached hydrogens (tertiary/aromatic N) is 3. The molecule has 3 heterocycles.